The number of thioether (sulfide) groups is 1. The van der Waals surface area contributed by atoms with Crippen molar-refractivity contribution >= 4 is 11.8 Å². The average Bonchev–Trinajstić information content (AvgIpc) is 1.94. The van der Waals surface area contributed by atoms with Crippen LogP contribution in [-0.4, -0.2) is 37.3 Å². The molecule has 1 fully saturated rings. The van der Waals surface area contributed by atoms with E-state index in [1.807, 2.05) is 11.8 Å². The molecule has 0 aromatic rings. The molecule has 1 unspecified atom stereocenters. The third-order valence-corrected chi connectivity index (χ3v) is 3.25. The lowest BCUT2D eigenvalue weighted by Crippen LogP contribution is -2.47. The van der Waals surface area contributed by atoms with Gasteiger partial charge in [-0.3, -0.25) is 0 Å². The molecule has 0 spiro atoms. The molecule has 1 saturated heterocycles. The highest BCUT2D eigenvalue weighted by atomic mass is 32.2. The number of rotatable bonds is 5. The lowest BCUT2D eigenvalue weighted by atomic mass is 10.2. The molecule has 0 radical (unpaired) electrons. The highest BCUT2D eigenvalue weighted by Crippen LogP contribution is 2.18. The lowest BCUT2D eigenvalue weighted by molar-refractivity contribution is 0.160. The minimum absolute atomic E-state index is 0.561. The summed E-state index contributed by atoms with van der Waals surface area (Å²) in [6.45, 7) is 3.04. The van der Waals surface area contributed by atoms with E-state index in [-0.39, 0.29) is 0 Å². The zero-order valence-electron chi connectivity index (χ0n) is 7.30. The van der Waals surface area contributed by atoms with E-state index in [1.165, 1.54) is 11.5 Å². The van der Waals surface area contributed by atoms with E-state index < -0.39 is 0 Å². The predicted octanol–water partition coefficient (Wildman–Crippen LogP) is 1.12. The van der Waals surface area contributed by atoms with Crippen LogP contribution in [0.1, 0.15) is 13.3 Å². The van der Waals surface area contributed by atoms with Gasteiger partial charge in [-0.25, -0.2) is 0 Å². The second-order valence-electron chi connectivity index (χ2n) is 2.96. The number of hydrogen-bond donors (Lipinski definition) is 1. The third-order valence-electron chi connectivity index (χ3n) is 1.97. The monoisotopic (exact) mass is 175 g/mol. The fraction of sp³-hybridized carbons (Fsp3) is 1.00. The van der Waals surface area contributed by atoms with Crippen LogP contribution in [0.5, 0.6) is 0 Å². The molecule has 1 aliphatic heterocycles. The number of ether oxygens (including phenoxy) is 1. The molecule has 1 heterocycles. The van der Waals surface area contributed by atoms with Gasteiger partial charge < -0.3 is 10.1 Å². The van der Waals surface area contributed by atoms with E-state index in [2.05, 4.69) is 12.2 Å². The first-order chi connectivity index (χ1) is 5.36. The van der Waals surface area contributed by atoms with Gasteiger partial charge in [0.1, 0.15) is 0 Å². The second-order valence-corrected chi connectivity index (χ2v) is 4.04. The summed E-state index contributed by atoms with van der Waals surface area (Å²) in [6.07, 6.45) is 1.16. The molecule has 11 heavy (non-hydrogen) atoms. The molecule has 1 aliphatic rings. The second kappa shape index (κ2) is 5.01. The van der Waals surface area contributed by atoms with Crippen LogP contribution in [0.3, 0.4) is 0 Å². The van der Waals surface area contributed by atoms with E-state index in [0.29, 0.717) is 6.04 Å². The lowest BCUT2D eigenvalue weighted by Gasteiger charge is -2.30. The quantitative estimate of drug-likeness (QED) is 0.676. The highest BCUT2D eigenvalue weighted by molar-refractivity contribution is 8.00. The van der Waals surface area contributed by atoms with Crippen LogP contribution in [0.15, 0.2) is 0 Å². The Balaban J connectivity index is 2.08. The minimum atomic E-state index is 0.561. The molecule has 1 atom stereocenters. The Morgan fingerprint density at radius 2 is 2.36 bits per heavy atom. The summed E-state index contributed by atoms with van der Waals surface area (Å²) in [4.78, 5) is 0. The smallest absolute Gasteiger partial charge is 0.0615 e. The third kappa shape index (κ3) is 3.01. The molecule has 0 aromatic carbocycles. The summed E-state index contributed by atoms with van der Waals surface area (Å²) < 4.78 is 5.10. The van der Waals surface area contributed by atoms with Crippen LogP contribution in [0.2, 0.25) is 0 Å². The van der Waals surface area contributed by atoms with E-state index in [0.717, 1.165) is 19.1 Å². The van der Waals surface area contributed by atoms with Gasteiger partial charge >= 0.3 is 0 Å². The van der Waals surface area contributed by atoms with E-state index >= 15 is 0 Å². The van der Waals surface area contributed by atoms with Gasteiger partial charge in [0.05, 0.1) is 6.61 Å². The highest BCUT2D eigenvalue weighted by Gasteiger charge is 2.20. The molecule has 66 valence electrons. The van der Waals surface area contributed by atoms with Gasteiger partial charge in [0.25, 0.3) is 0 Å². The van der Waals surface area contributed by atoms with Crippen molar-refractivity contribution in [3.63, 3.8) is 0 Å². The zero-order valence-corrected chi connectivity index (χ0v) is 8.12. The summed E-state index contributed by atoms with van der Waals surface area (Å²) in [5, 5.41) is 3.56. The van der Waals surface area contributed by atoms with Crippen molar-refractivity contribution in [2.75, 3.05) is 25.2 Å². The fourth-order valence-electron chi connectivity index (χ4n) is 1.15. The molecule has 3 heteroatoms. The summed E-state index contributed by atoms with van der Waals surface area (Å²) in [5.74, 6) is 2.56. The molecule has 0 aliphatic carbocycles. The summed E-state index contributed by atoms with van der Waals surface area (Å²) in [5.41, 5.74) is 0. The fourth-order valence-corrected chi connectivity index (χ4v) is 1.81. The van der Waals surface area contributed by atoms with Crippen molar-refractivity contribution in [3.05, 3.63) is 0 Å². The predicted molar refractivity (Wildman–Crippen MR) is 50.2 cm³/mol. The maximum Gasteiger partial charge on any atom is 0.0615 e. The van der Waals surface area contributed by atoms with E-state index in [1.54, 1.807) is 7.11 Å². The molecule has 2 nitrogen and oxygen atoms in total. The molecule has 1 N–H and O–H groups in total. The Labute approximate surface area is 73.1 Å². The molecule has 1 rings (SSSR count). The van der Waals surface area contributed by atoms with E-state index in [9.17, 15) is 0 Å². The molecule has 0 saturated carbocycles. The molecular weight excluding hydrogens is 158 g/mol. The van der Waals surface area contributed by atoms with Crippen molar-refractivity contribution in [2.24, 2.45) is 0 Å². The maximum absolute atomic E-state index is 5.10. The molecular formula is C8H17NOS. The summed E-state index contributed by atoms with van der Waals surface area (Å²) in [6, 6.07) is 1.31. The van der Waals surface area contributed by atoms with E-state index in [4.69, 9.17) is 4.74 Å². The van der Waals surface area contributed by atoms with Crippen LogP contribution >= 0.6 is 11.8 Å². The largest absolute Gasteiger partial charge is 0.383 e. The Morgan fingerprint density at radius 3 is 2.73 bits per heavy atom. The van der Waals surface area contributed by atoms with Gasteiger partial charge in [-0.2, -0.15) is 11.8 Å². The SMILES string of the molecule is CCC(COC)NC1CSC1. The minimum Gasteiger partial charge on any atom is -0.383 e. The van der Waals surface area contributed by atoms with Crippen LogP contribution in [0.25, 0.3) is 0 Å². The van der Waals surface area contributed by atoms with Crippen LogP contribution < -0.4 is 5.32 Å². The van der Waals surface area contributed by atoms with Crippen molar-refractivity contribution in [3.8, 4) is 0 Å². The van der Waals surface area contributed by atoms with Crippen LogP contribution in [0, 0.1) is 0 Å². The zero-order chi connectivity index (χ0) is 8.10. The van der Waals surface area contributed by atoms with Crippen molar-refractivity contribution in [2.45, 2.75) is 25.4 Å². The maximum atomic E-state index is 5.10. The first-order valence-corrected chi connectivity index (χ1v) is 5.35. The Morgan fingerprint density at radius 1 is 1.64 bits per heavy atom. The van der Waals surface area contributed by atoms with Crippen LogP contribution in [-0.2, 0) is 4.74 Å². The molecule has 0 bridgehead atoms. The van der Waals surface area contributed by atoms with Gasteiger partial charge in [0.2, 0.25) is 0 Å². The first kappa shape index (κ1) is 9.36. The first-order valence-electron chi connectivity index (χ1n) is 4.19. The number of hydrogen-bond acceptors (Lipinski definition) is 3. The number of nitrogens with one attached hydrogen (secondary N) is 1. The Bertz CT molecular complexity index is 106. The van der Waals surface area contributed by atoms with Crippen molar-refractivity contribution < 1.29 is 4.74 Å². The van der Waals surface area contributed by atoms with Gasteiger partial charge in [0, 0.05) is 30.7 Å². The summed E-state index contributed by atoms with van der Waals surface area (Å²) in [7, 11) is 1.76. The van der Waals surface area contributed by atoms with Gasteiger partial charge in [-0.1, -0.05) is 6.92 Å². The Hall–Kier alpha value is 0.270. The van der Waals surface area contributed by atoms with Crippen LogP contribution in [0.4, 0.5) is 0 Å². The van der Waals surface area contributed by atoms with Gasteiger partial charge in [0.15, 0.2) is 0 Å². The molecule has 0 aromatic heterocycles. The van der Waals surface area contributed by atoms with Crippen molar-refractivity contribution in [1.29, 1.82) is 0 Å². The molecule has 0 amide bonds. The van der Waals surface area contributed by atoms with Crippen molar-refractivity contribution in [1.82, 2.24) is 5.32 Å². The standard InChI is InChI=1S/C8H17NOS/c1-3-7(4-10-2)9-8-5-11-6-8/h7-9H,3-6H2,1-2H3. The topological polar surface area (TPSA) is 21.3 Å². The van der Waals surface area contributed by atoms with Gasteiger partial charge in [-0.15, -0.1) is 0 Å². The number of methoxy groups -OCH3 is 1. The average molecular weight is 175 g/mol. The normalized spacial score (nSPS) is 21.3. The summed E-state index contributed by atoms with van der Waals surface area (Å²) >= 11 is 2.01. The Kier molecular flexibility index (Phi) is 4.26. The van der Waals surface area contributed by atoms with Gasteiger partial charge in [-0.05, 0) is 6.42 Å².